The third-order valence-electron chi connectivity index (χ3n) is 4.22. The van der Waals surface area contributed by atoms with Crippen LogP contribution in [-0.4, -0.2) is 25.3 Å². The van der Waals surface area contributed by atoms with Crippen molar-refractivity contribution >= 4 is 35.0 Å². The van der Waals surface area contributed by atoms with Crippen molar-refractivity contribution in [1.29, 1.82) is 0 Å². The minimum atomic E-state index is -0.182. The van der Waals surface area contributed by atoms with Gasteiger partial charge in [-0.2, -0.15) is 16.9 Å². The summed E-state index contributed by atoms with van der Waals surface area (Å²) in [5.41, 5.74) is 6.10. The van der Waals surface area contributed by atoms with Crippen LogP contribution >= 0.6 is 23.3 Å². The Kier molecular flexibility index (Phi) is 4.09. The van der Waals surface area contributed by atoms with Gasteiger partial charge in [-0.15, -0.1) is 5.10 Å². The summed E-state index contributed by atoms with van der Waals surface area (Å²) in [6.07, 6.45) is 0. The van der Waals surface area contributed by atoms with Crippen LogP contribution in [0.25, 0.3) is 5.69 Å². The van der Waals surface area contributed by atoms with Crippen LogP contribution in [0, 0.1) is 20.8 Å². The average molecular weight is 371 g/mol. The highest BCUT2D eigenvalue weighted by Crippen LogP contribution is 2.37. The predicted molar refractivity (Wildman–Crippen MR) is 101 cm³/mol. The Bertz CT molecular complexity index is 976. The molecule has 4 rings (SSSR count). The van der Waals surface area contributed by atoms with Gasteiger partial charge in [0.25, 0.3) is 5.91 Å². The smallest absolute Gasteiger partial charge is 0.270 e. The van der Waals surface area contributed by atoms with Gasteiger partial charge in [0.1, 0.15) is 10.7 Å². The predicted octanol–water partition coefficient (Wildman–Crippen LogP) is 3.65. The second-order valence-electron chi connectivity index (χ2n) is 6.11. The second-order valence-corrected chi connectivity index (χ2v) is 7.85. The molecule has 1 aliphatic heterocycles. The van der Waals surface area contributed by atoms with Gasteiger partial charge < -0.3 is 5.32 Å². The van der Waals surface area contributed by atoms with E-state index in [0.29, 0.717) is 10.6 Å². The Morgan fingerprint density at radius 2 is 2.08 bits per heavy atom. The minimum absolute atomic E-state index is 0.182. The third kappa shape index (κ3) is 2.85. The first kappa shape index (κ1) is 16.3. The normalized spacial score (nSPS) is 13.1. The molecule has 1 aromatic carbocycles. The molecule has 0 radical (unpaired) electrons. The molecule has 25 heavy (non-hydrogen) atoms. The van der Waals surface area contributed by atoms with Gasteiger partial charge in [-0.25, -0.2) is 4.68 Å². The van der Waals surface area contributed by atoms with Crippen molar-refractivity contribution in [2.75, 3.05) is 5.32 Å². The molecule has 0 saturated carbocycles. The van der Waals surface area contributed by atoms with Crippen LogP contribution < -0.4 is 5.32 Å². The molecule has 1 aliphatic rings. The number of nitrogens with one attached hydrogen (secondary N) is 1. The summed E-state index contributed by atoms with van der Waals surface area (Å²) in [5, 5.41) is 11.7. The summed E-state index contributed by atoms with van der Waals surface area (Å²) in [6.45, 7) is 5.92. The Labute approximate surface area is 153 Å². The molecule has 8 heteroatoms. The van der Waals surface area contributed by atoms with E-state index in [2.05, 4.69) is 47.0 Å². The zero-order chi connectivity index (χ0) is 17.6. The summed E-state index contributed by atoms with van der Waals surface area (Å²) < 4.78 is 5.72. The van der Waals surface area contributed by atoms with Crippen molar-refractivity contribution in [3.8, 4) is 5.69 Å². The van der Waals surface area contributed by atoms with E-state index < -0.39 is 0 Å². The van der Waals surface area contributed by atoms with Crippen LogP contribution in [0.1, 0.15) is 37.7 Å². The number of thioether (sulfide) groups is 1. The fourth-order valence-corrected chi connectivity index (χ4v) is 4.55. The number of nitrogens with zero attached hydrogens (tertiary/aromatic N) is 4. The van der Waals surface area contributed by atoms with Gasteiger partial charge in [-0.05, 0) is 43.9 Å². The number of carbonyl (C=O) groups is 1. The number of fused-ring (bicyclic) bond motifs is 1. The van der Waals surface area contributed by atoms with Crippen molar-refractivity contribution in [2.24, 2.45) is 0 Å². The summed E-state index contributed by atoms with van der Waals surface area (Å²) in [6, 6.07) is 6.24. The van der Waals surface area contributed by atoms with Crippen LogP contribution in [0.2, 0.25) is 0 Å². The lowest BCUT2D eigenvalue weighted by Crippen LogP contribution is -2.16. The molecular formula is C17H17N5OS2. The van der Waals surface area contributed by atoms with Crippen molar-refractivity contribution in [3.05, 3.63) is 51.2 Å². The zero-order valence-corrected chi connectivity index (χ0v) is 15.8. The molecule has 0 aliphatic carbocycles. The van der Waals surface area contributed by atoms with Gasteiger partial charge in [0.15, 0.2) is 0 Å². The Morgan fingerprint density at radius 3 is 2.80 bits per heavy atom. The molecule has 0 saturated heterocycles. The van der Waals surface area contributed by atoms with Crippen molar-refractivity contribution in [2.45, 2.75) is 32.3 Å². The molecule has 1 amide bonds. The fourth-order valence-electron chi connectivity index (χ4n) is 2.96. The summed E-state index contributed by atoms with van der Waals surface area (Å²) in [5.74, 6) is 2.30. The SMILES string of the molecule is Cc1ccc(-n2nc3c(c2NC(=O)c2snnc2C)CSC3)c(C)c1. The number of hydrogen-bond acceptors (Lipinski definition) is 6. The summed E-state index contributed by atoms with van der Waals surface area (Å²) in [7, 11) is 0. The van der Waals surface area contributed by atoms with Crippen molar-refractivity contribution < 1.29 is 4.79 Å². The van der Waals surface area contributed by atoms with E-state index in [0.717, 1.165) is 51.4 Å². The number of aryl methyl sites for hydroxylation is 3. The molecule has 0 atom stereocenters. The quantitative estimate of drug-likeness (QED) is 0.761. The van der Waals surface area contributed by atoms with Crippen LogP contribution in [0.4, 0.5) is 5.82 Å². The Hall–Kier alpha value is -2.19. The van der Waals surface area contributed by atoms with Crippen LogP contribution in [0.15, 0.2) is 18.2 Å². The number of hydrogen-bond donors (Lipinski definition) is 1. The van der Waals surface area contributed by atoms with E-state index in [1.54, 1.807) is 6.92 Å². The molecule has 2 aromatic heterocycles. The summed E-state index contributed by atoms with van der Waals surface area (Å²) >= 11 is 2.92. The van der Waals surface area contributed by atoms with Crippen LogP contribution in [-0.2, 0) is 11.5 Å². The van der Waals surface area contributed by atoms with Gasteiger partial charge in [0.2, 0.25) is 0 Å². The zero-order valence-electron chi connectivity index (χ0n) is 14.2. The minimum Gasteiger partial charge on any atom is -0.305 e. The van der Waals surface area contributed by atoms with Crippen molar-refractivity contribution in [3.63, 3.8) is 0 Å². The van der Waals surface area contributed by atoms with E-state index >= 15 is 0 Å². The lowest BCUT2D eigenvalue weighted by Gasteiger charge is -2.13. The number of carbonyl (C=O) groups excluding carboxylic acids is 1. The first-order valence-electron chi connectivity index (χ1n) is 7.91. The maximum absolute atomic E-state index is 12.7. The lowest BCUT2D eigenvalue weighted by molar-refractivity contribution is 0.102. The topological polar surface area (TPSA) is 72.7 Å². The van der Waals surface area contributed by atoms with Crippen LogP contribution in [0.3, 0.4) is 0 Å². The average Bonchev–Trinajstić information content (AvgIpc) is 3.25. The molecule has 0 bridgehead atoms. The first-order chi connectivity index (χ1) is 12.0. The van der Waals surface area contributed by atoms with E-state index in [1.165, 1.54) is 5.56 Å². The van der Waals surface area contributed by atoms with E-state index in [4.69, 9.17) is 5.10 Å². The molecule has 1 N–H and O–H groups in total. The molecule has 128 valence electrons. The Morgan fingerprint density at radius 1 is 1.24 bits per heavy atom. The maximum atomic E-state index is 12.7. The number of anilines is 1. The first-order valence-corrected chi connectivity index (χ1v) is 9.84. The highest BCUT2D eigenvalue weighted by Gasteiger charge is 2.26. The second kappa shape index (κ2) is 6.27. The van der Waals surface area contributed by atoms with Crippen LogP contribution in [0.5, 0.6) is 0 Å². The molecule has 0 fully saturated rings. The Balaban J connectivity index is 1.79. The number of aromatic nitrogens is 4. The van der Waals surface area contributed by atoms with Gasteiger partial charge in [0, 0.05) is 17.1 Å². The molecule has 3 aromatic rings. The molecular weight excluding hydrogens is 354 g/mol. The van der Waals surface area contributed by atoms with Gasteiger partial charge in [-0.3, -0.25) is 4.79 Å². The van der Waals surface area contributed by atoms with E-state index in [-0.39, 0.29) is 5.91 Å². The number of amides is 1. The number of benzene rings is 1. The summed E-state index contributed by atoms with van der Waals surface area (Å²) in [4.78, 5) is 13.2. The van der Waals surface area contributed by atoms with E-state index in [1.807, 2.05) is 16.4 Å². The lowest BCUT2D eigenvalue weighted by atomic mass is 10.1. The van der Waals surface area contributed by atoms with Crippen molar-refractivity contribution in [1.82, 2.24) is 19.4 Å². The highest BCUT2D eigenvalue weighted by molar-refractivity contribution is 7.98. The fraction of sp³-hybridized carbons (Fsp3) is 0.294. The van der Waals surface area contributed by atoms with Gasteiger partial charge in [-0.1, -0.05) is 22.2 Å². The van der Waals surface area contributed by atoms with Gasteiger partial charge >= 0.3 is 0 Å². The maximum Gasteiger partial charge on any atom is 0.270 e. The molecule has 6 nitrogen and oxygen atoms in total. The third-order valence-corrected chi connectivity index (χ3v) is 6.02. The van der Waals surface area contributed by atoms with Gasteiger partial charge in [0.05, 0.1) is 17.1 Å². The standard InChI is InChI=1S/C17H17N5OS2/c1-9-4-5-14(10(2)6-9)22-16(12-7-24-8-13(12)20-22)18-17(23)15-11(3)19-21-25-15/h4-6H,7-8H2,1-3H3,(H,18,23). The van der Waals surface area contributed by atoms with E-state index in [9.17, 15) is 4.79 Å². The molecule has 0 spiro atoms. The molecule has 0 unspecified atom stereocenters. The number of rotatable bonds is 3. The highest BCUT2D eigenvalue weighted by atomic mass is 32.2. The molecule has 3 heterocycles. The largest absolute Gasteiger partial charge is 0.305 e. The monoisotopic (exact) mass is 371 g/mol.